The number of hydrazone groups is 1. The number of aromatic amines is 1. The molecule has 7 nitrogen and oxygen atoms in total. The molecule has 0 radical (unpaired) electrons. The molecule has 0 aliphatic carbocycles. The van der Waals surface area contributed by atoms with Crippen LogP contribution in [0.3, 0.4) is 0 Å². The fourth-order valence-electron chi connectivity index (χ4n) is 3.37. The Labute approximate surface area is 174 Å². The fraction of sp³-hybridized carbons (Fsp3) is 0.130. The molecule has 150 valence electrons. The fourth-order valence-corrected chi connectivity index (χ4v) is 3.37. The summed E-state index contributed by atoms with van der Waals surface area (Å²) < 4.78 is 1.86. The van der Waals surface area contributed by atoms with Gasteiger partial charge >= 0.3 is 0 Å². The summed E-state index contributed by atoms with van der Waals surface area (Å²) in [5, 5.41) is 15.8. The van der Waals surface area contributed by atoms with Crippen molar-refractivity contribution < 1.29 is 4.79 Å². The number of hydrogen-bond acceptors (Lipinski definition) is 4. The first-order chi connectivity index (χ1) is 14.6. The molecule has 4 aromatic rings. The third-order valence-corrected chi connectivity index (χ3v) is 4.99. The van der Waals surface area contributed by atoms with Crippen molar-refractivity contribution in [2.45, 2.75) is 20.8 Å². The summed E-state index contributed by atoms with van der Waals surface area (Å²) in [4.78, 5) is 12.6. The average molecular weight is 398 g/mol. The first-order valence-electron chi connectivity index (χ1n) is 9.61. The molecule has 0 bridgehead atoms. The summed E-state index contributed by atoms with van der Waals surface area (Å²) in [5.74, 6) is -0.343. The first-order valence-corrected chi connectivity index (χ1v) is 9.61. The van der Waals surface area contributed by atoms with Crippen LogP contribution in [-0.2, 0) is 0 Å². The van der Waals surface area contributed by atoms with Crippen molar-refractivity contribution in [2.24, 2.45) is 5.10 Å². The standard InChI is InChI=1S/C23H22N6O/c1-15-21(18-10-6-4-7-11-18)25-26-22(15)23(30)27-24-14-20-16(2)28-29(17(20)3)19-12-8-5-9-13-19/h4-14H,1-3H3,(H,25,26)(H,27,30)/b24-14-. The summed E-state index contributed by atoms with van der Waals surface area (Å²) in [6, 6.07) is 19.6. The van der Waals surface area contributed by atoms with Crippen molar-refractivity contribution in [1.82, 2.24) is 25.4 Å². The van der Waals surface area contributed by atoms with Gasteiger partial charge in [0.05, 0.1) is 29.0 Å². The number of nitrogens with one attached hydrogen (secondary N) is 2. The monoisotopic (exact) mass is 398 g/mol. The van der Waals surface area contributed by atoms with Gasteiger partial charge in [0, 0.05) is 16.7 Å². The molecular weight excluding hydrogens is 376 g/mol. The molecule has 0 fully saturated rings. The van der Waals surface area contributed by atoms with Crippen LogP contribution in [0.15, 0.2) is 65.8 Å². The van der Waals surface area contributed by atoms with E-state index in [0.29, 0.717) is 5.69 Å². The van der Waals surface area contributed by atoms with Gasteiger partial charge in [-0.05, 0) is 32.9 Å². The summed E-state index contributed by atoms with van der Waals surface area (Å²) in [5.41, 5.74) is 9.06. The molecule has 0 unspecified atom stereocenters. The van der Waals surface area contributed by atoms with E-state index in [1.165, 1.54) is 0 Å². The lowest BCUT2D eigenvalue weighted by molar-refractivity contribution is 0.0949. The maximum absolute atomic E-state index is 12.6. The lowest BCUT2D eigenvalue weighted by Crippen LogP contribution is -2.19. The molecule has 0 aliphatic heterocycles. The van der Waals surface area contributed by atoms with Crippen molar-refractivity contribution in [3.63, 3.8) is 0 Å². The number of H-pyrrole nitrogens is 1. The van der Waals surface area contributed by atoms with Crippen LogP contribution in [0.25, 0.3) is 16.9 Å². The minimum absolute atomic E-state index is 0.343. The quantitative estimate of drug-likeness (QED) is 0.394. The van der Waals surface area contributed by atoms with Crippen molar-refractivity contribution in [3.8, 4) is 16.9 Å². The number of aromatic nitrogens is 4. The Bertz CT molecular complexity index is 1210. The molecule has 0 saturated heterocycles. The van der Waals surface area contributed by atoms with Gasteiger partial charge < -0.3 is 0 Å². The number of carbonyl (C=O) groups is 1. The molecule has 2 heterocycles. The predicted molar refractivity (Wildman–Crippen MR) is 117 cm³/mol. The predicted octanol–water partition coefficient (Wildman–Crippen LogP) is 3.95. The van der Waals surface area contributed by atoms with E-state index in [2.05, 4.69) is 25.8 Å². The van der Waals surface area contributed by atoms with Crippen molar-refractivity contribution in [3.05, 3.63) is 88.9 Å². The van der Waals surface area contributed by atoms with Crippen LogP contribution >= 0.6 is 0 Å². The number of benzene rings is 2. The van der Waals surface area contributed by atoms with Crippen LogP contribution < -0.4 is 5.43 Å². The molecule has 1 amide bonds. The summed E-state index contributed by atoms with van der Waals surface area (Å²) in [7, 11) is 0. The van der Waals surface area contributed by atoms with Crippen LogP contribution in [0.1, 0.15) is 33.0 Å². The number of nitrogens with zero attached hydrogens (tertiary/aromatic N) is 4. The number of aryl methyl sites for hydroxylation is 1. The van der Waals surface area contributed by atoms with Gasteiger partial charge in [0.2, 0.25) is 0 Å². The van der Waals surface area contributed by atoms with Gasteiger partial charge in [-0.2, -0.15) is 15.3 Å². The van der Waals surface area contributed by atoms with E-state index >= 15 is 0 Å². The van der Waals surface area contributed by atoms with Crippen LogP contribution in [-0.4, -0.2) is 32.1 Å². The molecular formula is C23H22N6O. The molecule has 7 heteroatoms. The number of rotatable bonds is 5. The van der Waals surface area contributed by atoms with E-state index in [9.17, 15) is 4.79 Å². The maximum atomic E-state index is 12.6. The van der Waals surface area contributed by atoms with Crippen LogP contribution in [0.4, 0.5) is 0 Å². The lowest BCUT2D eigenvalue weighted by atomic mass is 10.1. The van der Waals surface area contributed by atoms with E-state index < -0.39 is 0 Å². The van der Waals surface area contributed by atoms with E-state index in [4.69, 9.17) is 0 Å². The second-order valence-corrected chi connectivity index (χ2v) is 6.97. The zero-order valence-electron chi connectivity index (χ0n) is 17.0. The second-order valence-electron chi connectivity index (χ2n) is 6.97. The molecule has 2 aromatic heterocycles. The summed E-state index contributed by atoms with van der Waals surface area (Å²) in [6.07, 6.45) is 1.62. The van der Waals surface area contributed by atoms with Crippen molar-refractivity contribution >= 4 is 12.1 Å². The van der Waals surface area contributed by atoms with E-state index in [0.717, 1.165) is 39.5 Å². The molecule has 2 N–H and O–H groups in total. The highest BCUT2D eigenvalue weighted by molar-refractivity contribution is 5.96. The minimum Gasteiger partial charge on any atom is -0.272 e. The van der Waals surface area contributed by atoms with Crippen LogP contribution in [0.5, 0.6) is 0 Å². The Morgan fingerprint density at radius 2 is 1.70 bits per heavy atom. The zero-order chi connectivity index (χ0) is 21.1. The van der Waals surface area contributed by atoms with E-state index in [1.54, 1.807) is 6.21 Å². The van der Waals surface area contributed by atoms with Crippen molar-refractivity contribution in [2.75, 3.05) is 0 Å². The van der Waals surface area contributed by atoms with Gasteiger partial charge in [-0.1, -0.05) is 48.5 Å². The SMILES string of the molecule is Cc1nn(-c2ccccc2)c(C)c1/C=N\NC(=O)c1[nH]nc(-c2ccccc2)c1C. The number of para-hydroxylation sites is 1. The van der Waals surface area contributed by atoms with Crippen molar-refractivity contribution in [1.29, 1.82) is 0 Å². The highest BCUT2D eigenvalue weighted by Crippen LogP contribution is 2.22. The molecule has 30 heavy (non-hydrogen) atoms. The van der Waals surface area contributed by atoms with Gasteiger partial charge in [-0.15, -0.1) is 0 Å². The largest absolute Gasteiger partial charge is 0.289 e. The zero-order valence-corrected chi connectivity index (χ0v) is 17.0. The summed E-state index contributed by atoms with van der Waals surface area (Å²) >= 11 is 0. The Kier molecular flexibility index (Phi) is 5.26. The minimum atomic E-state index is -0.343. The Morgan fingerprint density at radius 3 is 2.40 bits per heavy atom. The molecule has 2 aromatic carbocycles. The Morgan fingerprint density at radius 1 is 1.03 bits per heavy atom. The summed E-state index contributed by atoms with van der Waals surface area (Å²) in [6.45, 7) is 5.75. The average Bonchev–Trinajstić information content (AvgIpc) is 3.29. The highest BCUT2D eigenvalue weighted by Gasteiger charge is 2.17. The molecule has 0 saturated carbocycles. The maximum Gasteiger partial charge on any atom is 0.289 e. The van der Waals surface area contributed by atoms with Gasteiger partial charge in [-0.25, -0.2) is 10.1 Å². The van der Waals surface area contributed by atoms with Gasteiger partial charge in [0.25, 0.3) is 5.91 Å². The van der Waals surface area contributed by atoms with Gasteiger partial charge in [0.1, 0.15) is 5.69 Å². The topological polar surface area (TPSA) is 88.0 Å². The smallest absolute Gasteiger partial charge is 0.272 e. The molecule has 0 aliphatic rings. The normalized spacial score (nSPS) is 11.2. The van der Waals surface area contributed by atoms with E-state index in [1.807, 2.05) is 86.1 Å². The van der Waals surface area contributed by atoms with E-state index in [-0.39, 0.29) is 5.91 Å². The first kappa shape index (κ1) is 19.3. The molecule has 0 spiro atoms. The number of hydrogen-bond donors (Lipinski definition) is 2. The van der Waals surface area contributed by atoms with Crippen LogP contribution in [0, 0.1) is 20.8 Å². The second kappa shape index (κ2) is 8.16. The Hall–Kier alpha value is -4.00. The number of carbonyl (C=O) groups excluding carboxylic acids is 1. The molecule has 4 rings (SSSR count). The third kappa shape index (κ3) is 3.65. The number of amides is 1. The Balaban J connectivity index is 1.51. The molecule has 0 atom stereocenters. The van der Waals surface area contributed by atoms with Gasteiger partial charge in [-0.3, -0.25) is 9.89 Å². The highest BCUT2D eigenvalue weighted by atomic mass is 16.2. The third-order valence-electron chi connectivity index (χ3n) is 4.99. The lowest BCUT2D eigenvalue weighted by Gasteiger charge is -2.03. The van der Waals surface area contributed by atoms with Gasteiger partial charge in [0.15, 0.2) is 0 Å². The van der Waals surface area contributed by atoms with Crippen LogP contribution in [0.2, 0.25) is 0 Å².